The number of nitrogens with zero attached hydrogens (tertiary/aromatic N) is 3. The second kappa shape index (κ2) is 5.69. The molecule has 1 atom stereocenters. The van der Waals surface area contributed by atoms with Crippen molar-refractivity contribution in [1.29, 1.82) is 0 Å². The summed E-state index contributed by atoms with van der Waals surface area (Å²) < 4.78 is 1.63. The Bertz CT molecular complexity index is 729. The molecule has 1 amide bonds. The Hall–Kier alpha value is -2.15. The van der Waals surface area contributed by atoms with Gasteiger partial charge in [-0.05, 0) is 19.1 Å². The zero-order valence-electron chi connectivity index (χ0n) is 11.4. The summed E-state index contributed by atoms with van der Waals surface area (Å²) in [5.41, 5.74) is 1.24. The molecule has 1 aliphatic heterocycles. The Kier molecular flexibility index (Phi) is 3.74. The summed E-state index contributed by atoms with van der Waals surface area (Å²) in [4.78, 5) is 32.4. The predicted octanol–water partition coefficient (Wildman–Crippen LogP) is 1.62. The number of nitrogens with one attached hydrogen (secondary N) is 1. The summed E-state index contributed by atoms with van der Waals surface area (Å²) >= 11 is 1.51. The smallest absolute Gasteiger partial charge is 0.257 e. The van der Waals surface area contributed by atoms with E-state index in [1.54, 1.807) is 42.2 Å². The van der Waals surface area contributed by atoms with Gasteiger partial charge in [0.05, 0.1) is 6.04 Å². The Labute approximate surface area is 125 Å². The van der Waals surface area contributed by atoms with Gasteiger partial charge in [-0.15, -0.1) is 0 Å². The SMILES string of the molecule is Cc1cnc2n(c1=O)C(CC(=O)Nc1ccncc1)CS2. The van der Waals surface area contributed by atoms with Gasteiger partial charge in [0.15, 0.2) is 5.16 Å². The van der Waals surface area contributed by atoms with Crippen molar-refractivity contribution in [2.45, 2.75) is 24.5 Å². The average molecular weight is 302 g/mol. The zero-order valence-corrected chi connectivity index (χ0v) is 12.3. The van der Waals surface area contributed by atoms with Gasteiger partial charge in [-0.1, -0.05) is 11.8 Å². The molecule has 0 fully saturated rings. The van der Waals surface area contributed by atoms with Crippen LogP contribution in [0.25, 0.3) is 0 Å². The maximum Gasteiger partial charge on any atom is 0.257 e. The highest BCUT2D eigenvalue weighted by atomic mass is 32.2. The van der Waals surface area contributed by atoms with Gasteiger partial charge in [-0.25, -0.2) is 4.98 Å². The topological polar surface area (TPSA) is 76.9 Å². The zero-order chi connectivity index (χ0) is 14.8. The predicted molar refractivity (Wildman–Crippen MR) is 80.5 cm³/mol. The highest BCUT2D eigenvalue weighted by molar-refractivity contribution is 7.99. The van der Waals surface area contributed by atoms with Crippen molar-refractivity contribution < 1.29 is 4.79 Å². The molecular formula is C14H14N4O2S. The van der Waals surface area contributed by atoms with Gasteiger partial charge >= 0.3 is 0 Å². The lowest BCUT2D eigenvalue weighted by Gasteiger charge is -2.13. The third kappa shape index (κ3) is 2.82. The number of pyridine rings is 1. The fourth-order valence-corrected chi connectivity index (χ4v) is 3.34. The summed E-state index contributed by atoms with van der Waals surface area (Å²) in [6.07, 6.45) is 5.08. The molecule has 6 nitrogen and oxygen atoms in total. The van der Waals surface area contributed by atoms with Crippen molar-refractivity contribution >= 4 is 23.4 Å². The molecule has 2 aromatic rings. The van der Waals surface area contributed by atoms with Crippen molar-refractivity contribution in [2.24, 2.45) is 0 Å². The lowest BCUT2D eigenvalue weighted by Crippen LogP contribution is -2.28. The van der Waals surface area contributed by atoms with Crippen LogP contribution in [0.3, 0.4) is 0 Å². The summed E-state index contributed by atoms with van der Waals surface area (Å²) in [5, 5.41) is 3.50. The number of hydrogen-bond donors (Lipinski definition) is 1. The minimum Gasteiger partial charge on any atom is -0.326 e. The fraction of sp³-hybridized carbons (Fsp3) is 0.286. The van der Waals surface area contributed by atoms with Crippen LogP contribution in [0, 0.1) is 6.92 Å². The standard InChI is InChI=1S/C14H14N4O2S/c1-9-7-16-14-18(13(9)20)11(8-21-14)6-12(19)17-10-2-4-15-5-3-10/h2-5,7,11H,6,8H2,1H3,(H,15,17,19). The number of carbonyl (C=O) groups excluding carboxylic acids is 1. The monoisotopic (exact) mass is 302 g/mol. The lowest BCUT2D eigenvalue weighted by atomic mass is 10.2. The quantitative estimate of drug-likeness (QED) is 0.872. The van der Waals surface area contributed by atoms with Gasteiger partial charge in [0.25, 0.3) is 5.56 Å². The van der Waals surface area contributed by atoms with Gasteiger partial charge in [-0.2, -0.15) is 0 Å². The molecule has 1 N–H and O–H groups in total. The third-order valence-corrected chi connectivity index (χ3v) is 4.40. The van der Waals surface area contributed by atoms with Gasteiger partial charge in [0, 0.05) is 42.0 Å². The minimum absolute atomic E-state index is 0.0632. The van der Waals surface area contributed by atoms with E-state index in [1.165, 1.54) is 11.8 Å². The fourth-order valence-electron chi connectivity index (χ4n) is 2.23. The van der Waals surface area contributed by atoms with Crippen LogP contribution in [-0.2, 0) is 4.79 Å². The summed E-state index contributed by atoms with van der Waals surface area (Å²) in [7, 11) is 0. The van der Waals surface area contributed by atoms with E-state index in [9.17, 15) is 9.59 Å². The maximum atomic E-state index is 12.2. The first-order valence-corrected chi connectivity index (χ1v) is 7.54. The van der Waals surface area contributed by atoms with Crippen LogP contribution >= 0.6 is 11.8 Å². The Balaban J connectivity index is 1.75. The van der Waals surface area contributed by atoms with Crippen molar-refractivity contribution in [2.75, 3.05) is 11.1 Å². The second-order valence-electron chi connectivity index (χ2n) is 4.85. The number of aromatic nitrogens is 3. The number of carbonyl (C=O) groups is 1. The van der Waals surface area contributed by atoms with E-state index in [0.29, 0.717) is 22.2 Å². The van der Waals surface area contributed by atoms with Crippen molar-refractivity contribution in [1.82, 2.24) is 14.5 Å². The number of anilines is 1. The molecule has 3 rings (SSSR count). The molecule has 0 spiro atoms. The van der Waals surface area contributed by atoms with Crippen LogP contribution in [0.15, 0.2) is 40.7 Å². The molecule has 108 valence electrons. The van der Waals surface area contributed by atoms with Gasteiger partial charge in [0.1, 0.15) is 0 Å². The summed E-state index contributed by atoms with van der Waals surface area (Å²) in [6, 6.07) is 3.31. The number of rotatable bonds is 3. The first-order chi connectivity index (χ1) is 10.1. The highest BCUT2D eigenvalue weighted by Gasteiger charge is 2.27. The van der Waals surface area contributed by atoms with E-state index in [0.717, 1.165) is 0 Å². The number of amides is 1. The largest absolute Gasteiger partial charge is 0.326 e. The van der Waals surface area contributed by atoms with Crippen LogP contribution in [0.2, 0.25) is 0 Å². The molecule has 0 aromatic carbocycles. The Morgan fingerprint density at radius 3 is 3.00 bits per heavy atom. The molecule has 2 aromatic heterocycles. The molecular weight excluding hydrogens is 288 g/mol. The van der Waals surface area contributed by atoms with E-state index in [-0.39, 0.29) is 23.9 Å². The Morgan fingerprint density at radius 1 is 1.48 bits per heavy atom. The van der Waals surface area contributed by atoms with E-state index in [4.69, 9.17) is 0 Å². The second-order valence-corrected chi connectivity index (χ2v) is 5.84. The first-order valence-electron chi connectivity index (χ1n) is 6.56. The Morgan fingerprint density at radius 2 is 2.24 bits per heavy atom. The number of aryl methyl sites for hydroxylation is 1. The molecule has 3 heterocycles. The average Bonchev–Trinajstić information content (AvgIpc) is 2.87. The van der Waals surface area contributed by atoms with Crippen LogP contribution in [0.4, 0.5) is 5.69 Å². The van der Waals surface area contributed by atoms with E-state index in [1.807, 2.05) is 0 Å². The molecule has 0 aliphatic carbocycles. The summed E-state index contributed by atoms with van der Waals surface area (Å²) in [6.45, 7) is 1.74. The normalized spacial score (nSPS) is 16.5. The van der Waals surface area contributed by atoms with Crippen molar-refractivity contribution in [3.05, 3.63) is 46.6 Å². The van der Waals surface area contributed by atoms with E-state index in [2.05, 4.69) is 15.3 Å². The van der Waals surface area contributed by atoms with Crippen LogP contribution in [0.1, 0.15) is 18.0 Å². The minimum atomic E-state index is -0.147. The molecule has 0 saturated heterocycles. The first kappa shape index (κ1) is 13.8. The van der Waals surface area contributed by atoms with Crippen molar-refractivity contribution in [3.63, 3.8) is 0 Å². The van der Waals surface area contributed by atoms with E-state index >= 15 is 0 Å². The van der Waals surface area contributed by atoms with Crippen LogP contribution in [0.5, 0.6) is 0 Å². The lowest BCUT2D eigenvalue weighted by molar-refractivity contribution is -0.116. The molecule has 0 bridgehead atoms. The van der Waals surface area contributed by atoms with Gasteiger partial charge < -0.3 is 5.32 Å². The molecule has 0 saturated carbocycles. The number of fused-ring (bicyclic) bond motifs is 1. The number of thioether (sulfide) groups is 1. The van der Waals surface area contributed by atoms with Gasteiger partial charge in [0.2, 0.25) is 5.91 Å². The van der Waals surface area contributed by atoms with Crippen molar-refractivity contribution in [3.8, 4) is 0 Å². The maximum absolute atomic E-state index is 12.2. The third-order valence-electron chi connectivity index (χ3n) is 3.29. The highest BCUT2D eigenvalue weighted by Crippen LogP contribution is 2.31. The summed E-state index contributed by atoms with van der Waals surface area (Å²) in [5.74, 6) is 0.572. The molecule has 1 unspecified atom stereocenters. The van der Waals surface area contributed by atoms with Crippen LogP contribution < -0.4 is 10.9 Å². The molecule has 0 radical (unpaired) electrons. The number of hydrogen-bond acceptors (Lipinski definition) is 5. The van der Waals surface area contributed by atoms with E-state index < -0.39 is 0 Å². The molecule has 7 heteroatoms. The van der Waals surface area contributed by atoms with Gasteiger partial charge in [-0.3, -0.25) is 19.1 Å². The van der Waals surface area contributed by atoms with Crippen LogP contribution in [-0.4, -0.2) is 26.2 Å². The molecule has 21 heavy (non-hydrogen) atoms. The molecule has 1 aliphatic rings.